The Morgan fingerprint density at radius 2 is 0.647 bits per heavy atom. The number of hydrogen-bond donors (Lipinski definition) is 6. The molecule has 0 aromatic heterocycles. The average Bonchev–Trinajstić information content (AvgIpc) is 2.67. The predicted octanol–water partition coefficient (Wildman–Crippen LogP) is -3.00. The van der Waals surface area contributed by atoms with E-state index in [0.717, 1.165) is 18.2 Å². The standard InChI is InChI=1S/3C6H10N2O3.Fe/c3*1-8(2)5(10)3-4(9)6(7)11;/h3*3,9H,1-2H3,(H2,7,11);. The molecule has 0 bridgehead atoms. The maximum atomic E-state index is 10.7. The Morgan fingerprint density at radius 1 is 0.500 bits per heavy atom. The van der Waals surface area contributed by atoms with Crippen LogP contribution in [0.25, 0.3) is 0 Å². The van der Waals surface area contributed by atoms with Crippen molar-refractivity contribution in [3.8, 4) is 0 Å². The van der Waals surface area contributed by atoms with E-state index in [1.54, 1.807) is 0 Å². The van der Waals surface area contributed by atoms with Gasteiger partial charge in [-0.25, -0.2) is 0 Å². The Labute approximate surface area is 206 Å². The number of likely N-dealkylation sites (N-methyl/N-ethyl adjacent to an activating group) is 3. The number of primary amides is 3. The fraction of sp³-hybridized carbons (Fsp3) is 0.333. The zero-order valence-corrected chi connectivity index (χ0v) is 20.6. The van der Waals surface area contributed by atoms with E-state index >= 15 is 0 Å². The zero-order valence-electron chi connectivity index (χ0n) is 19.5. The third-order valence-corrected chi connectivity index (χ3v) is 2.86. The number of rotatable bonds is 6. The van der Waals surface area contributed by atoms with Crippen molar-refractivity contribution < 1.29 is 61.2 Å². The molecule has 0 aliphatic rings. The molecule has 0 atom stereocenters. The number of amides is 6. The molecule has 0 heterocycles. The number of hydrogen-bond acceptors (Lipinski definition) is 9. The Kier molecular flexibility index (Phi) is 20.3. The van der Waals surface area contributed by atoms with Crippen LogP contribution in [0.15, 0.2) is 35.5 Å². The third kappa shape index (κ3) is 19.9. The summed E-state index contributed by atoms with van der Waals surface area (Å²) in [6.07, 6.45) is 2.30. The van der Waals surface area contributed by atoms with Gasteiger partial charge in [-0.2, -0.15) is 0 Å². The van der Waals surface area contributed by atoms with E-state index in [-0.39, 0.29) is 17.1 Å². The number of aliphatic hydroxyl groups excluding tert-OH is 3. The fourth-order valence-electron chi connectivity index (χ4n) is 0.952. The summed E-state index contributed by atoms with van der Waals surface area (Å²) in [5, 5.41) is 26.1. The first-order chi connectivity index (χ1) is 14.8. The predicted molar refractivity (Wildman–Crippen MR) is 116 cm³/mol. The van der Waals surface area contributed by atoms with Crippen LogP contribution in [-0.4, -0.2) is 108 Å². The van der Waals surface area contributed by atoms with Crippen molar-refractivity contribution in [3.63, 3.8) is 0 Å². The summed E-state index contributed by atoms with van der Waals surface area (Å²) in [5.74, 6) is -6.69. The SMILES string of the molecule is CN(C)C(=O)C=C(O)C(N)=O.CN(C)C(=O)C=C(O)C(N)=O.CN(C)C(=O)C=C(O)C(N)=O.[Fe]. The molecule has 0 spiro atoms. The largest absolute Gasteiger partial charge is 0.503 e. The molecule has 0 saturated heterocycles. The Balaban J connectivity index is -0.000000196. The summed E-state index contributed by atoms with van der Waals surface area (Å²) >= 11 is 0. The molecule has 0 fully saturated rings. The smallest absolute Gasteiger partial charge is 0.283 e. The maximum absolute atomic E-state index is 10.7. The van der Waals surface area contributed by atoms with Crippen LogP contribution in [0.1, 0.15) is 0 Å². The quantitative estimate of drug-likeness (QED) is 0.116. The Bertz CT molecular complexity index is 739. The minimum absolute atomic E-state index is 0. The molecular weight excluding hydrogens is 500 g/mol. The molecule has 16 heteroatoms. The molecule has 0 saturated carbocycles. The molecule has 0 unspecified atom stereocenters. The van der Waals surface area contributed by atoms with Gasteiger partial charge in [0.25, 0.3) is 17.7 Å². The van der Waals surface area contributed by atoms with E-state index in [9.17, 15) is 28.8 Å². The van der Waals surface area contributed by atoms with Crippen molar-refractivity contribution in [2.24, 2.45) is 17.2 Å². The first-order valence-corrected chi connectivity index (χ1v) is 8.60. The van der Waals surface area contributed by atoms with Gasteiger partial charge in [0.05, 0.1) is 18.2 Å². The molecule has 34 heavy (non-hydrogen) atoms. The summed E-state index contributed by atoms with van der Waals surface area (Å²) in [7, 11) is 8.96. The molecule has 0 rings (SSSR count). The molecule has 0 radical (unpaired) electrons. The molecule has 0 aliphatic carbocycles. The van der Waals surface area contributed by atoms with Crippen LogP contribution in [0.5, 0.6) is 0 Å². The van der Waals surface area contributed by atoms with Crippen molar-refractivity contribution in [3.05, 3.63) is 35.5 Å². The normalized spacial score (nSPS) is 10.6. The van der Waals surface area contributed by atoms with Crippen LogP contribution in [0.3, 0.4) is 0 Å². The summed E-state index contributed by atoms with van der Waals surface area (Å²) in [6, 6.07) is 0. The Morgan fingerprint density at radius 3 is 0.735 bits per heavy atom. The van der Waals surface area contributed by atoms with Crippen molar-refractivity contribution in [1.82, 2.24) is 14.7 Å². The fourth-order valence-corrected chi connectivity index (χ4v) is 0.952. The van der Waals surface area contributed by atoms with Crippen LogP contribution in [0.2, 0.25) is 0 Å². The van der Waals surface area contributed by atoms with Gasteiger partial charge in [0, 0.05) is 59.4 Å². The van der Waals surface area contributed by atoms with Crippen LogP contribution >= 0.6 is 0 Å². The summed E-state index contributed by atoms with van der Waals surface area (Å²) in [4.78, 5) is 66.4. The van der Waals surface area contributed by atoms with Gasteiger partial charge in [-0.05, 0) is 0 Å². The van der Waals surface area contributed by atoms with Gasteiger partial charge in [0.1, 0.15) is 0 Å². The molecular formula is C18H30FeN6O9. The minimum Gasteiger partial charge on any atom is -0.503 e. The molecule has 15 nitrogen and oxygen atoms in total. The van der Waals surface area contributed by atoms with Gasteiger partial charge in [0.15, 0.2) is 17.3 Å². The van der Waals surface area contributed by atoms with Crippen LogP contribution in [0.4, 0.5) is 0 Å². The van der Waals surface area contributed by atoms with Crippen molar-refractivity contribution in [2.75, 3.05) is 42.3 Å². The summed E-state index contributed by atoms with van der Waals surface area (Å²) in [6.45, 7) is 0. The van der Waals surface area contributed by atoms with E-state index in [1.165, 1.54) is 57.0 Å². The van der Waals surface area contributed by atoms with Crippen molar-refractivity contribution >= 4 is 35.4 Å². The van der Waals surface area contributed by atoms with E-state index < -0.39 is 52.7 Å². The van der Waals surface area contributed by atoms with E-state index in [4.69, 9.17) is 15.3 Å². The molecule has 0 aromatic rings. The van der Waals surface area contributed by atoms with Gasteiger partial charge in [-0.3, -0.25) is 28.8 Å². The molecule has 0 aliphatic heterocycles. The van der Waals surface area contributed by atoms with Gasteiger partial charge in [0.2, 0.25) is 17.7 Å². The number of aliphatic hydroxyl groups is 3. The van der Waals surface area contributed by atoms with E-state index in [2.05, 4.69) is 17.2 Å². The Hall–Kier alpha value is -4.04. The number of carbonyl (C=O) groups is 6. The average molecular weight is 530 g/mol. The second kappa shape index (κ2) is 18.5. The van der Waals surface area contributed by atoms with Gasteiger partial charge in [-0.15, -0.1) is 0 Å². The van der Waals surface area contributed by atoms with Crippen LogP contribution < -0.4 is 17.2 Å². The van der Waals surface area contributed by atoms with Crippen LogP contribution in [0, 0.1) is 0 Å². The molecule has 9 N–H and O–H groups in total. The summed E-state index contributed by atoms with van der Waals surface area (Å²) in [5.41, 5.74) is 14.0. The van der Waals surface area contributed by atoms with Crippen molar-refractivity contribution in [2.45, 2.75) is 0 Å². The van der Waals surface area contributed by atoms with Gasteiger partial charge >= 0.3 is 0 Å². The third-order valence-electron chi connectivity index (χ3n) is 2.86. The molecule has 194 valence electrons. The first kappa shape index (κ1) is 37.3. The second-order valence-electron chi connectivity index (χ2n) is 6.38. The van der Waals surface area contributed by atoms with Gasteiger partial charge in [-0.1, -0.05) is 0 Å². The summed E-state index contributed by atoms with van der Waals surface area (Å²) < 4.78 is 0. The number of carbonyl (C=O) groups excluding carboxylic acids is 6. The zero-order chi connectivity index (χ0) is 27.0. The molecule has 0 aromatic carbocycles. The van der Waals surface area contributed by atoms with E-state index in [1.807, 2.05) is 0 Å². The molecule has 6 amide bonds. The monoisotopic (exact) mass is 530 g/mol. The van der Waals surface area contributed by atoms with Gasteiger partial charge < -0.3 is 47.2 Å². The second-order valence-corrected chi connectivity index (χ2v) is 6.38. The topological polar surface area (TPSA) is 251 Å². The number of nitrogens with zero attached hydrogens (tertiary/aromatic N) is 3. The number of nitrogens with two attached hydrogens (primary N) is 3. The van der Waals surface area contributed by atoms with Crippen molar-refractivity contribution in [1.29, 1.82) is 0 Å². The maximum Gasteiger partial charge on any atom is 0.283 e. The first-order valence-electron chi connectivity index (χ1n) is 8.60. The van der Waals surface area contributed by atoms with E-state index in [0.29, 0.717) is 0 Å². The van der Waals surface area contributed by atoms with Crippen LogP contribution in [-0.2, 0) is 45.8 Å². The minimum atomic E-state index is -1.01.